The molecule has 0 heterocycles. The molecule has 0 radical (unpaired) electrons. The smallest absolute Gasteiger partial charge is 0.142 e. The normalized spacial score (nSPS) is 16.7. The lowest BCUT2D eigenvalue weighted by atomic mass is 10.3. The molecule has 1 saturated carbocycles. The maximum Gasteiger partial charge on any atom is 0.142 e. The summed E-state index contributed by atoms with van der Waals surface area (Å²) in [6.07, 6.45) is 1.98. The zero-order chi connectivity index (χ0) is 10.2. The fraction of sp³-hybridized carbons (Fsp3) is 0.400. The molecular formula is C10H12Cl2FNO. The average molecular weight is 252 g/mol. The second-order valence-electron chi connectivity index (χ2n) is 3.73. The van der Waals surface area contributed by atoms with Gasteiger partial charge in [0.1, 0.15) is 18.2 Å². The molecule has 5 heteroatoms. The molecule has 0 atom stereocenters. The lowest BCUT2D eigenvalue weighted by Crippen LogP contribution is -2.29. The number of rotatable bonds is 3. The molecule has 1 aromatic rings. The van der Waals surface area contributed by atoms with Crippen LogP contribution in [0.5, 0.6) is 5.75 Å². The van der Waals surface area contributed by atoms with Gasteiger partial charge >= 0.3 is 0 Å². The van der Waals surface area contributed by atoms with E-state index in [0.717, 1.165) is 12.8 Å². The summed E-state index contributed by atoms with van der Waals surface area (Å²) in [7, 11) is 0. The Balaban J connectivity index is 0.00000112. The van der Waals surface area contributed by atoms with Gasteiger partial charge in [-0.3, -0.25) is 0 Å². The minimum Gasteiger partial charge on any atom is -0.492 e. The maximum atomic E-state index is 12.8. The summed E-state index contributed by atoms with van der Waals surface area (Å²) in [4.78, 5) is 0. The van der Waals surface area contributed by atoms with Crippen LogP contribution in [0, 0.1) is 5.82 Å². The monoisotopic (exact) mass is 251 g/mol. The van der Waals surface area contributed by atoms with Crippen LogP contribution >= 0.6 is 24.0 Å². The van der Waals surface area contributed by atoms with Crippen LogP contribution in [0.15, 0.2) is 18.2 Å². The SMILES string of the molecule is Cl.NC1(COc2ccc(F)c(Cl)c2)CC1. The lowest BCUT2D eigenvalue weighted by molar-refractivity contribution is 0.279. The van der Waals surface area contributed by atoms with E-state index in [1.807, 2.05) is 0 Å². The molecule has 1 aliphatic carbocycles. The van der Waals surface area contributed by atoms with Gasteiger partial charge in [-0.2, -0.15) is 0 Å². The van der Waals surface area contributed by atoms with Crippen molar-refractivity contribution in [2.45, 2.75) is 18.4 Å². The molecule has 1 aliphatic rings. The van der Waals surface area contributed by atoms with E-state index in [2.05, 4.69) is 0 Å². The molecule has 1 aromatic carbocycles. The summed E-state index contributed by atoms with van der Waals surface area (Å²) < 4.78 is 18.2. The third-order valence-electron chi connectivity index (χ3n) is 2.31. The summed E-state index contributed by atoms with van der Waals surface area (Å²) in [6.45, 7) is 0.467. The van der Waals surface area contributed by atoms with Crippen molar-refractivity contribution >= 4 is 24.0 Å². The zero-order valence-electron chi connectivity index (χ0n) is 8.00. The number of benzene rings is 1. The molecule has 15 heavy (non-hydrogen) atoms. The maximum absolute atomic E-state index is 12.8. The predicted octanol–water partition coefficient (Wildman–Crippen LogP) is 2.77. The average Bonchev–Trinajstić information content (AvgIpc) is 2.87. The zero-order valence-corrected chi connectivity index (χ0v) is 9.58. The van der Waals surface area contributed by atoms with Crippen molar-refractivity contribution in [3.63, 3.8) is 0 Å². The molecule has 0 saturated heterocycles. The van der Waals surface area contributed by atoms with Crippen molar-refractivity contribution in [1.29, 1.82) is 0 Å². The number of ether oxygens (including phenoxy) is 1. The van der Waals surface area contributed by atoms with Gasteiger partial charge in [-0.15, -0.1) is 12.4 Å². The number of hydrogen-bond acceptors (Lipinski definition) is 2. The number of hydrogen-bond donors (Lipinski definition) is 1. The Morgan fingerprint density at radius 1 is 1.47 bits per heavy atom. The molecule has 2 N–H and O–H groups in total. The van der Waals surface area contributed by atoms with Gasteiger partial charge in [0.15, 0.2) is 0 Å². The Labute approximate surface area is 99.0 Å². The van der Waals surface area contributed by atoms with Crippen LogP contribution in [-0.2, 0) is 0 Å². The van der Waals surface area contributed by atoms with Crippen molar-refractivity contribution in [2.75, 3.05) is 6.61 Å². The van der Waals surface area contributed by atoms with Crippen molar-refractivity contribution < 1.29 is 9.13 Å². The second-order valence-corrected chi connectivity index (χ2v) is 4.13. The standard InChI is InChI=1S/C10H11ClFNO.ClH/c11-8-5-7(1-2-9(8)12)14-6-10(13)3-4-10;/h1-2,5H,3-4,6,13H2;1H. The minimum atomic E-state index is -0.437. The van der Waals surface area contributed by atoms with Gasteiger partial charge in [-0.1, -0.05) is 11.6 Å². The molecule has 0 unspecified atom stereocenters. The van der Waals surface area contributed by atoms with Crippen LogP contribution in [-0.4, -0.2) is 12.1 Å². The lowest BCUT2D eigenvalue weighted by Gasteiger charge is -2.11. The summed E-state index contributed by atoms with van der Waals surface area (Å²) >= 11 is 5.59. The van der Waals surface area contributed by atoms with Gasteiger partial charge in [0.05, 0.1) is 10.6 Å². The Morgan fingerprint density at radius 3 is 2.67 bits per heavy atom. The van der Waals surface area contributed by atoms with Gasteiger partial charge in [-0.05, 0) is 25.0 Å². The Kier molecular flexibility index (Phi) is 3.82. The summed E-state index contributed by atoms with van der Waals surface area (Å²) in [5, 5.41) is 0.0735. The van der Waals surface area contributed by atoms with Gasteiger partial charge in [-0.25, -0.2) is 4.39 Å². The van der Waals surface area contributed by atoms with Crippen LogP contribution in [0.2, 0.25) is 5.02 Å². The van der Waals surface area contributed by atoms with Crippen molar-refractivity contribution in [1.82, 2.24) is 0 Å². The van der Waals surface area contributed by atoms with E-state index in [1.165, 1.54) is 12.1 Å². The van der Waals surface area contributed by atoms with Crippen LogP contribution in [0.25, 0.3) is 0 Å². The highest BCUT2D eigenvalue weighted by Gasteiger charge is 2.39. The third-order valence-corrected chi connectivity index (χ3v) is 2.60. The first-order chi connectivity index (χ1) is 6.59. The molecule has 0 spiro atoms. The van der Waals surface area contributed by atoms with E-state index in [9.17, 15) is 4.39 Å². The van der Waals surface area contributed by atoms with E-state index in [-0.39, 0.29) is 23.0 Å². The third kappa shape index (κ3) is 3.23. The highest BCUT2D eigenvalue weighted by Crippen LogP contribution is 2.33. The molecule has 2 nitrogen and oxygen atoms in total. The van der Waals surface area contributed by atoms with Crippen molar-refractivity contribution in [3.05, 3.63) is 29.0 Å². The molecule has 1 fully saturated rings. The Bertz CT molecular complexity index is 355. The first-order valence-electron chi connectivity index (χ1n) is 4.46. The predicted molar refractivity (Wildman–Crippen MR) is 60.3 cm³/mol. The topological polar surface area (TPSA) is 35.2 Å². The van der Waals surface area contributed by atoms with E-state index >= 15 is 0 Å². The summed E-state index contributed by atoms with van der Waals surface area (Å²) in [5.74, 6) is 0.126. The largest absolute Gasteiger partial charge is 0.492 e. The van der Waals surface area contributed by atoms with Crippen LogP contribution < -0.4 is 10.5 Å². The van der Waals surface area contributed by atoms with Gasteiger partial charge in [0.25, 0.3) is 0 Å². The van der Waals surface area contributed by atoms with E-state index in [4.69, 9.17) is 22.1 Å². The van der Waals surface area contributed by atoms with Gasteiger partial charge < -0.3 is 10.5 Å². The second kappa shape index (κ2) is 4.56. The first kappa shape index (κ1) is 12.6. The fourth-order valence-electron chi connectivity index (χ4n) is 1.10. The van der Waals surface area contributed by atoms with Gasteiger partial charge in [0, 0.05) is 6.07 Å². The van der Waals surface area contributed by atoms with Gasteiger partial charge in [0.2, 0.25) is 0 Å². The highest BCUT2D eigenvalue weighted by molar-refractivity contribution is 6.30. The molecule has 0 amide bonds. The number of halogens is 3. The Morgan fingerprint density at radius 2 is 2.13 bits per heavy atom. The summed E-state index contributed by atoms with van der Waals surface area (Å²) in [5.41, 5.74) is 5.66. The molecular weight excluding hydrogens is 240 g/mol. The molecule has 0 aromatic heterocycles. The van der Waals surface area contributed by atoms with Crippen LogP contribution in [0.3, 0.4) is 0 Å². The molecule has 0 aliphatic heterocycles. The van der Waals surface area contributed by atoms with E-state index in [1.54, 1.807) is 6.07 Å². The van der Waals surface area contributed by atoms with E-state index < -0.39 is 5.82 Å². The quantitative estimate of drug-likeness (QED) is 0.897. The van der Waals surface area contributed by atoms with Crippen molar-refractivity contribution in [2.24, 2.45) is 5.73 Å². The minimum absolute atomic E-state index is 0. The fourth-order valence-corrected chi connectivity index (χ4v) is 1.27. The highest BCUT2D eigenvalue weighted by atomic mass is 35.5. The molecule has 0 bridgehead atoms. The van der Waals surface area contributed by atoms with Crippen LogP contribution in [0.4, 0.5) is 4.39 Å². The van der Waals surface area contributed by atoms with Crippen LogP contribution in [0.1, 0.15) is 12.8 Å². The Hall–Kier alpha value is -0.510. The van der Waals surface area contributed by atoms with E-state index in [0.29, 0.717) is 12.4 Å². The molecule has 84 valence electrons. The molecule has 2 rings (SSSR count). The first-order valence-corrected chi connectivity index (χ1v) is 4.84. The van der Waals surface area contributed by atoms with Crippen molar-refractivity contribution in [3.8, 4) is 5.75 Å². The summed E-state index contributed by atoms with van der Waals surface area (Å²) in [6, 6.07) is 4.29. The number of nitrogens with two attached hydrogens (primary N) is 1.